The maximum atomic E-state index is 13.9. The smallest absolute Gasteiger partial charge is 0.238 e. The van der Waals surface area contributed by atoms with Gasteiger partial charge in [-0.1, -0.05) is 42.5 Å². The van der Waals surface area contributed by atoms with Gasteiger partial charge in [0.25, 0.3) is 0 Å². The van der Waals surface area contributed by atoms with E-state index in [0.29, 0.717) is 11.4 Å². The molecule has 6 heteroatoms. The Hall–Kier alpha value is -1.56. The maximum absolute atomic E-state index is 13.9. The number of amides is 1. The van der Waals surface area contributed by atoms with Gasteiger partial charge in [0.2, 0.25) is 5.91 Å². The van der Waals surface area contributed by atoms with E-state index in [2.05, 4.69) is 10.6 Å². The van der Waals surface area contributed by atoms with Crippen LogP contribution < -0.4 is 10.6 Å². The molecule has 2 atom stereocenters. The average Bonchev–Trinajstić information content (AvgIpc) is 2.59. The third-order valence-electron chi connectivity index (χ3n) is 3.50. The number of halogens is 2. The van der Waals surface area contributed by atoms with E-state index in [1.165, 1.54) is 17.8 Å². The van der Waals surface area contributed by atoms with Crippen LogP contribution in [-0.4, -0.2) is 25.5 Å². The summed E-state index contributed by atoms with van der Waals surface area (Å²) in [6.07, 6.45) is 0. The van der Waals surface area contributed by atoms with E-state index < -0.39 is 5.25 Å². The average molecular weight is 369 g/mol. The molecule has 2 aromatic carbocycles. The molecule has 3 nitrogen and oxygen atoms in total. The van der Waals surface area contributed by atoms with E-state index in [1.807, 2.05) is 44.3 Å². The van der Waals surface area contributed by atoms with Gasteiger partial charge in [0.15, 0.2) is 0 Å². The van der Waals surface area contributed by atoms with E-state index >= 15 is 0 Å². The van der Waals surface area contributed by atoms with Crippen LogP contribution in [0.15, 0.2) is 59.5 Å². The molecule has 0 spiro atoms. The normalized spacial score (nSPS) is 12.8. The van der Waals surface area contributed by atoms with Crippen LogP contribution in [0.3, 0.4) is 0 Å². The van der Waals surface area contributed by atoms with E-state index in [0.717, 1.165) is 5.56 Å². The maximum Gasteiger partial charge on any atom is 0.238 e. The summed E-state index contributed by atoms with van der Waals surface area (Å²) in [6, 6.07) is 16.1. The number of benzene rings is 2. The molecule has 0 bridgehead atoms. The zero-order chi connectivity index (χ0) is 16.7. The quantitative estimate of drug-likeness (QED) is 0.730. The molecule has 0 aliphatic carbocycles. The van der Waals surface area contributed by atoms with Crippen LogP contribution in [0.2, 0.25) is 0 Å². The van der Waals surface area contributed by atoms with Gasteiger partial charge in [-0.2, -0.15) is 0 Å². The summed E-state index contributed by atoms with van der Waals surface area (Å²) in [5.41, 5.74) is 0.857. The van der Waals surface area contributed by atoms with E-state index in [4.69, 9.17) is 0 Å². The summed E-state index contributed by atoms with van der Waals surface area (Å²) >= 11 is 1.23. The largest absolute Gasteiger partial charge is 0.353 e. The predicted molar refractivity (Wildman–Crippen MR) is 100 cm³/mol. The van der Waals surface area contributed by atoms with Crippen molar-refractivity contribution in [1.82, 2.24) is 10.6 Å². The minimum atomic E-state index is -0.489. The van der Waals surface area contributed by atoms with Crippen LogP contribution in [0.25, 0.3) is 0 Å². The minimum Gasteiger partial charge on any atom is -0.353 e. The third kappa shape index (κ3) is 5.82. The molecule has 0 radical (unpaired) electrons. The van der Waals surface area contributed by atoms with Gasteiger partial charge in [-0.05, 0) is 31.7 Å². The molecule has 2 aromatic rings. The molecular formula is C18H22ClFN2OS. The zero-order valence-electron chi connectivity index (χ0n) is 13.7. The lowest BCUT2D eigenvalue weighted by molar-refractivity contribution is -0.120. The van der Waals surface area contributed by atoms with Crippen LogP contribution in [0.1, 0.15) is 17.7 Å². The fourth-order valence-corrected chi connectivity index (χ4v) is 3.09. The molecular weight excluding hydrogens is 347 g/mol. The number of hydrogen-bond acceptors (Lipinski definition) is 3. The van der Waals surface area contributed by atoms with Gasteiger partial charge in [-0.25, -0.2) is 4.39 Å². The molecule has 0 aliphatic heterocycles. The van der Waals surface area contributed by atoms with Crippen molar-refractivity contribution in [3.8, 4) is 0 Å². The molecule has 1 amide bonds. The molecule has 0 aliphatic rings. The summed E-state index contributed by atoms with van der Waals surface area (Å²) in [5, 5.41) is 5.51. The summed E-state index contributed by atoms with van der Waals surface area (Å²) < 4.78 is 13.9. The second-order valence-corrected chi connectivity index (χ2v) is 6.42. The molecule has 130 valence electrons. The standard InChI is InChI=1S/C18H21FN2OS.ClH/c1-13(20-2)12-21-18(22)17(14-8-4-3-5-9-14)23-16-11-7-6-10-15(16)19;/h3-11,13,17,20H,12H2,1-2H3,(H,21,22);1H. The summed E-state index contributed by atoms with van der Waals surface area (Å²) in [5.74, 6) is -0.429. The Morgan fingerprint density at radius 3 is 2.38 bits per heavy atom. The van der Waals surface area contributed by atoms with Crippen molar-refractivity contribution in [2.45, 2.75) is 23.1 Å². The van der Waals surface area contributed by atoms with Gasteiger partial charge >= 0.3 is 0 Å². The number of hydrogen-bond donors (Lipinski definition) is 2. The lowest BCUT2D eigenvalue weighted by Gasteiger charge is -2.19. The molecule has 2 N–H and O–H groups in total. The topological polar surface area (TPSA) is 41.1 Å². The zero-order valence-corrected chi connectivity index (χ0v) is 15.3. The second kappa shape index (κ2) is 10.3. The van der Waals surface area contributed by atoms with Crippen molar-refractivity contribution in [3.05, 3.63) is 66.0 Å². The molecule has 0 saturated heterocycles. The molecule has 0 saturated carbocycles. The first-order chi connectivity index (χ1) is 11.1. The first-order valence-electron chi connectivity index (χ1n) is 7.53. The predicted octanol–water partition coefficient (Wildman–Crippen LogP) is 3.81. The van der Waals surface area contributed by atoms with Gasteiger partial charge in [0.1, 0.15) is 11.1 Å². The van der Waals surface area contributed by atoms with Crippen molar-refractivity contribution < 1.29 is 9.18 Å². The minimum absolute atomic E-state index is 0. The van der Waals surface area contributed by atoms with Crippen molar-refractivity contribution in [2.75, 3.05) is 13.6 Å². The SMILES string of the molecule is CNC(C)CNC(=O)C(Sc1ccccc1F)c1ccccc1.Cl. The van der Waals surface area contributed by atoms with Crippen LogP contribution in [-0.2, 0) is 4.79 Å². The van der Waals surface area contributed by atoms with Crippen LogP contribution in [0, 0.1) is 5.82 Å². The van der Waals surface area contributed by atoms with Gasteiger partial charge in [-0.3, -0.25) is 4.79 Å². The summed E-state index contributed by atoms with van der Waals surface area (Å²) in [6.45, 7) is 2.51. The van der Waals surface area contributed by atoms with Crippen molar-refractivity contribution >= 4 is 30.1 Å². The Balaban J connectivity index is 0.00000288. The first kappa shape index (κ1) is 20.5. The Morgan fingerprint density at radius 1 is 1.12 bits per heavy atom. The highest BCUT2D eigenvalue weighted by Crippen LogP contribution is 2.36. The Labute approximate surface area is 152 Å². The summed E-state index contributed by atoms with van der Waals surface area (Å²) in [7, 11) is 1.85. The molecule has 2 unspecified atom stereocenters. The molecule has 2 rings (SSSR count). The van der Waals surface area contributed by atoms with Gasteiger partial charge < -0.3 is 10.6 Å². The highest BCUT2D eigenvalue weighted by Gasteiger charge is 2.23. The van der Waals surface area contributed by atoms with Crippen LogP contribution >= 0.6 is 24.2 Å². The number of likely N-dealkylation sites (N-methyl/N-ethyl adjacent to an activating group) is 1. The van der Waals surface area contributed by atoms with E-state index in [1.54, 1.807) is 18.2 Å². The van der Waals surface area contributed by atoms with Crippen molar-refractivity contribution in [1.29, 1.82) is 0 Å². The Kier molecular flexibility index (Phi) is 8.82. The van der Waals surface area contributed by atoms with Crippen molar-refractivity contribution in [2.24, 2.45) is 0 Å². The fraction of sp³-hybridized carbons (Fsp3) is 0.278. The Bertz CT molecular complexity index is 642. The third-order valence-corrected chi connectivity index (χ3v) is 4.80. The highest BCUT2D eigenvalue weighted by molar-refractivity contribution is 8.00. The molecule has 0 heterocycles. The van der Waals surface area contributed by atoms with E-state index in [-0.39, 0.29) is 30.2 Å². The lowest BCUT2D eigenvalue weighted by Crippen LogP contribution is -2.38. The van der Waals surface area contributed by atoms with Crippen LogP contribution in [0.5, 0.6) is 0 Å². The highest BCUT2D eigenvalue weighted by atomic mass is 35.5. The number of carbonyl (C=O) groups excluding carboxylic acids is 1. The van der Waals surface area contributed by atoms with Gasteiger partial charge in [0, 0.05) is 17.5 Å². The van der Waals surface area contributed by atoms with E-state index in [9.17, 15) is 9.18 Å². The molecule has 0 aromatic heterocycles. The lowest BCUT2D eigenvalue weighted by atomic mass is 10.1. The molecule has 24 heavy (non-hydrogen) atoms. The monoisotopic (exact) mass is 368 g/mol. The van der Waals surface area contributed by atoms with Gasteiger partial charge in [0.05, 0.1) is 0 Å². The number of nitrogens with one attached hydrogen (secondary N) is 2. The van der Waals surface area contributed by atoms with Gasteiger partial charge in [-0.15, -0.1) is 24.2 Å². The summed E-state index contributed by atoms with van der Waals surface area (Å²) in [4.78, 5) is 13.1. The van der Waals surface area contributed by atoms with Crippen LogP contribution in [0.4, 0.5) is 4.39 Å². The number of carbonyl (C=O) groups is 1. The Morgan fingerprint density at radius 2 is 1.75 bits per heavy atom. The molecule has 0 fully saturated rings. The number of rotatable bonds is 7. The second-order valence-electron chi connectivity index (χ2n) is 5.27. The first-order valence-corrected chi connectivity index (χ1v) is 8.41. The van der Waals surface area contributed by atoms with Crippen molar-refractivity contribution in [3.63, 3.8) is 0 Å². The number of thioether (sulfide) groups is 1. The fourth-order valence-electron chi connectivity index (χ4n) is 2.02.